The number of hydrogen-bond acceptors (Lipinski definition) is 2. The summed E-state index contributed by atoms with van der Waals surface area (Å²) in [5, 5.41) is 0. The maximum atomic E-state index is 11.2. The molecule has 0 aromatic carbocycles. The summed E-state index contributed by atoms with van der Waals surface area (Å²) in [6.45, 7) is 2.39. The second-order valence-electron chi connectivity index (χ2n) is 1.21. The van der Waals surface area contributed by atoms with Crippen molar-refractivity contribution in [2.24, 2.45) is 0 Å². The molecule has 0 amide bonds. The van der Waals surface area contributed by atoms with Crippen molar-refractivity contribution in [3.05, 3.63) is 0 Å². The quantitative estimate of drug-likeness (QED) is 0.399. The van der Waals surface area contributed by atoms with E-state index in [9.17, 15) is 4.39 Å². The van der Waals surface area contributed by atoms with Crippen LogP contribution in [-0.4, -0.2) is 26.7 Å². The van der Waals surface area contributed by atoms with E-state index in [4.69, 9.17) is 4.74 Å². The van der Waals surface area contributed by atoms with Crippen molar-refractivity contribution in [2.45, 2.75) is 6.92 Å². The second kappa shape index (κ2) is 6.85. The molecule has 3 heteroatoms. The Kier molecular flexibility index (Phi) is 6.72. The van der Waals surface area contributed by atoms with E-state index in [0.717, 1.165) is 0 Å². The summed E-state index contributed by atoms with van der Waals surface area (Å²) in [4.78, 5) is 0. The standard InChI is InChI=1S/C5H11FO2/c1-2-7-5-8-4-3-6/h2-5H2,1H3. The van der Waals surface area contributed by atoms with E-state index in [2.05, 4.69) is 4.74 Å². The van der Waals surface area contributed by atoms with Crippen LogP contribution in [0.3, 0.4) is 0 Å². The van der Waals surface area contributed by atoms with E-state index >= 15 is 0 Å². The van der Waals surface area contributed by atoms with Crippen LogP contribution in [0.4, 0.5) is 4.39 Å². The first-order chi connectivity index (χ1) is 3.91. The lowest BCUT2D eigenvalue weighted by Gasteiger charge is -1.98. The van der Waals surface area contributed by atoms with Crippen molar-refractivity contribution < 1.29 is 13.9 Å². The molecule has 50 valence electrons. The van der Waals surface area contributed by atoms with Gasteiger partial charge in [-0.05, 0) is 6.92 Å². The minimum absolute atomic E-state index is 0.139. The highest BCUT2D eigenvalue weighted by atomic mass is 19.1. The summed E-state index contributed by atoms with van der Waals surface area (Å²) < 4.78 is 20.6. The third-order valence-corrected chi connectivity index (χ3v) is 0.592. The molecule has 0 saturated carbocycles. The fraction of sp³-hybridized carbons (Fsp3) is 1.00. The molecule has 0 saturated heterocycles. The van der Waals surface area contributed by atoms with Gasteiger partial charge in [0.2, 0.25) is 0 Å². The molecule has 0 aliphatic heterocycles. The first-order valence-corrected chi connectivity index (χ1v) is 2.63. The number of halogens is 1. The largest absolute Gasteiger partial charge is 0.356 e. The summed E-state index contributed by atoms with van der Waals surface area (Å²) in [5.41, 5.74) is 0. The third kappa shape index (κ3) is 5.85. The first kappa shape index (κ1) is 7.85. The molecule has 0 rings (SSSR count). The van der Waals surface area contributed by atoms with Gasteiger partial charge in [-0.1, -0.05) is 0 Å². The molecular weight excluding hydrogens is 111 g/mol. The number of ether oxygens (including phenoxy) is 2. The summed E-state index contributed by atoms with van der Waals surface area (Å²) in [6.07, 6.45) is 0. The van der Waals surface area contributed by atoms with Gasteiger partial charge in [-0.2, -0.15) is 0 Å². The predicted octanol–water partition coefficient (Wildman–Crippen LogP) is 0.967. The zero-order valence-corrected chi connectivity index (χ0v) is 5.02. The van der Waals surface area contributed by atoms with Crippen molar-refractivity contribution in [1.29, 1.82) is 0 Å². The fourth-order valence-electron chi connectivity index (χ4n) is 0.256. The Labute approximate surface area is 48.6 Å². The molecular formula is C5H11FO2. The third-order valence-electron chi connectivity index (χ3n) is 0.592. The number of rotatable bonds is 5. The van der Waals surface area contributed by atoms with E-state index in [1.165, 1.54) is 0 Å². The number of hydrogen-bond donors (Lipinski definition) is 0. The summed E-state index contributed by atoms with van der Waals surface area (Å²) in [5.74, 6) is 0. The fourth-order valence-corrected chi connectivity index (χ4v) is 0.256. The van der Waals surface area contributed by atoms with Crippen LogP contribution in [0.5, 0.6) is 0 Å². The summed E-state index contributed by atoms with van der Waals surface area (Å²) in [6, 6.07) is 0. The van der Waals surface area contributed by atoms with Gasteiger partial charge in [-0.25, -0.2) is 4.39 Å². The molecule has 0 N–H and O–H groups in total. The van der Waals surface area contributed by atoms with Crippen molar-refractivity contribution in [3.63, 3.8) is 0 Å². The topological polar surface area (TPSA) is 18.5 Å². The molecule has 0 bridgehead atoms. The van der Waals surface area contributed by atoms with Crippen molar-refractivity contribution in [1.82, 2.24) is 0 Å². The Bertz CT molecular complexity index is 35.4. The molecule has 0 spiro atoms. The second-order valence-corrected chi connectivity index (χ2v) is 1.21. The maximum Gasteiger partial charge on any atom is 0.146 e. The van der Waals surface area contributed by atoms with Crippen LogP contribution >= 0.6 is 0 Å². The highest BCUT2D eigenvalue weighted by Gasteiger charge is 1.82. The maximum absolute atomic E-state index is 11.2. The lowest BCUT2D eigenvalue weighted by molar-refractivity contribution is -0.0523. The van der Waals surface area contributed by atoms with Crippen molar-refractivity contribution >= 4 is 0 Å². The molecule has 0 unspecified atom stereocenters. The van der Waals surface area contributed by atoms with E-state index in [-0.39, 0.29) is 13.4 Å². The molecule has 0 aliphatic carbocycles. The molecule has 0 fully saturated rings. The Morgan fingerprint density at radius 2 is 2.12 bits per heavy atom. The highest BCUT2D eigenvalue weighted by Crippen LogP contribution is 1.77. The average molecular weight is 122 g/mol. The van der Waals surface area contributed by atoms with Gasteiger partial charge in [0.25, 0.3) is 0 Å². The SMILES string of the molecule is CCOCOCCF. The molecule has 2 nitrogen and oxygen atoms in total. The van der Waals surface area contributed by atoms with Crippen LogP contribution in [0.25, 0.3) is 0 Å². The van der Waals surface area contributed by atoms with Gasteiger partial charge in [-0.15, -0.1) is 0 Å². The normalized spacial score (nSPS) is 9.75. The zero-order valence-electron chi connectivity index (χ0n) is 5.02. The summed E-state index contributed by atoms with van der Waals surface area (Å²) in [7, 11) is 0. The van der Waals surface area contributed by atoms with Gasteiger partial charge in [0.15, 0.2) is 0 Å². The van der Waals surface area contributed by atoms with Crippen LogP contribution < -0.4 is 0 Å². The number of alkyl halides is 1. The predicted molar refractivity (Wildman–Crippen MR) is 28.4 cm³/mol. The minimum atomic E-state index is -0.437. The summed E-state index contributed by atoms with van der Waals surface area (Å²) >= 11 is 0. The smallest absolute Gasteiger partial charge is 0.146 e. The van der Waals surface area contributed by atoms with Gasteiger partial charge in [0, 0.05) is 6.61 Å². The van der Waals surface area contributed by atoms with Gasteiger partial charge < -0.3 is 9.47 Å². The molecule has 8 heavy (non-hydrogen) atoms. The minimum Gasteiger partial charge on any atom is -0.356 e. The zero-order chi connectivity index (χ0) is 6.24. The van der Waals surface area contributed by atoms with Crippen molar-refractivity contribution in [2.75, 3.05) is 26.7 Å². The van der Waals surface area contributed by atoms with Crippen LogP contribution in [0.15, 0.2) is 0 Å². The van der Waals surface area contributed by atoms with Crippen LogP contribution in [-0.2, 0) is 9.47 Å². The van der Waals surface area contributed by atoms with Crippen molar-refractivity contribution in [3.8, 4) is 0 Å². The van der Waals surface area contributed by atoms with E-state index in [1.54, 1.807) is 0 Å². The van der Waals surface area contributed by atoms with Gasteiger partial charge in [-0.3, -0.25) is 0 Å². The molecule has 0 heterocycles. The van der Waals surface area contributed by atoms with Gasteiger partial charge in [0.05, 0.1) is 6.61 Å². The van der Waals surface area contributed by atoms with E-state index < -0.39 is 6.67 Å². The molecule has 0 atom stereocenters. The Morgan fingerprint density at radius 3 is 2.62 bits per heavy atom. The first-order valence-electron chi connectivity index (χ1n) is 2.63. The molecule has 0 radical (unpaired) electrons. The molecule has 0 aromatic rings. The lowest BCUT2D eigenvalue weighted by Crippen LogP contribution is -2.01. The Hall–Kier alpha value is -0.150. The highest BCUT2D eigenvalue weighted by molar-refractivity contribution is 4.18. The van der Waals surface area contributed by atoms with E-state index in [1.807, 2.05) is 6.92 Å². The van der Waals surface area contributed by atoms with Gasteiger partial charge in [0.1, 0.15) is 13.5 Å². The Balaban J connectivity index is 2.53. The molecule has 0 aliphatic rings. The molecule has 0 aromatic heterocycles. The van der Waals surface area contributed by atoms with Crippen LogP contribution in [0, 0.1) is 0 Å². The Morgan fingerprint density at radius 1 is 1.38 bits per heavy atom. The van der Waals surface area contributed by atoms with E-state index in [0.29, 0.717) is 6.61 Å². The average Bonchev–Trinajstić information content (AvgIpc) is 1.81. The van der Waals surface area contributed by atoms with Crippen LogP contribution in [0.2, 0.25) is 0 Å². The van der Waals surface area contributed by atoms with Crippen LogP contribution in [0.1, 0.15) is 6.92 Å². The monoisotopic (exact) mass is 122 g/mol. The van der Waals surface area contributed by atoms with Gasteiger partial charge >= 0.3 is 0 Å². The lowest BCUT2D eigenvalue weighted by atomic mass is 10.8.